The molecule has 6 heteroatoms. The molecule has 0 unspecified atom stereocenters. The first-order valence-corrected chi connectivity index (χ1v) is 9.11. The molecule has 0 aliphatic carbocycles. The van der Waals surface area contributed by atoms with Gasteiger partial charge in [0.15, 0.2) is 5.82 Å². The molecular weight excluding hydrogens is 326 g/mol. The molecule has 26 heavy (non-hydrogen) atoms. The van der Waals surface area contributed by atoms with Gasteiger partial charge in [0, 0.05) is 18.4 Å². The molecule has 2 amide bonds. The van der Waals surface area contributed by atoms with E-state index in [9.17, 15) is 4.79 Å². The van der Waals surface area contributed by atoms with Crippen LogP contribution in [0.4, 0.5) is 10.5 Å². The van der Waals surface area contributed by atoms with Gasteiger partial charge in [-0.1, -0.05) is 50.2 Å². The third-order valence-electron chi connectivity index (χ3n) is 4.91. The quantitative estimate of drug-likeness (QED) is 0.750. The van der Waals surface area contributed by atoms with Crippen LogP contribution in [-0.2, 0) is 13.0 Å². The molecular formula is C20H23N5O. The highest BCUT2D eigenvalue weighted by Gasteiger charge is 2.27. The van der Waals surface area contributed by atoms with Crippen LogP contribution in [0.2, 0.25) is 0 Å². The normalized spacial score (nSPS) is 14.4. The lowest BCUT2D eigenvalue weighted by Gasteiger charge is -2.22. The number of nitrogens with one attached hydrogen (secondary N) is 2. The zero-order valence-electron chi connectivity index (χ0n) is 15.1. The van der Waals surface area contributed by atoms with Crippen LogP contribution in [-0.4, -0.2) is 20.8 Å². The zero-order chi connectivity index (χ0) is 18.1. The van der Waals surface area contributed by atoms with Crippen molar-refractivity contribution in [1.82, 2.24) is 20.1 Å². The Labute approximate surface area is 152 Å². The van der Waals surface area contributed by atoms with Crippen molar-refractivity contribution in [2.75, 3.05) is 5.32 Å². The molecule has 6 nitrogen and oxygen atoms in total. The first-order chi connectivity index (χ1) is 12.6. The molecule has 2 aromatic carbocycles. The number of benzene rings is 2. The fourth-order valence-electron chi connectivity index (χ4n) is 3.57. The number of anilines is 1. The van der Waals surface area contributed by atoms with Gasteiger partial charge in [-0.3, -0.25) is 0 Å². The standard InChI is InChI=1S/C20H23N5O/c1-13(2)18(19-24-23-17-11-6-12-25(17)19)22-20(26)21-16-10-5-8-14-7-3-4-9-15(14)16/h3-5,7-10,13,18H,6,11-12H2,1-2H3,(H2,21,22,26)/t18-/m0/s1. The predicted molar refractivity (Wildman–Crippen MR) is 102 cm³/mol. The number of fused-ring (bicyclic) bond motifs is 2. The highest BCUT2D eigenvalue weighted by atomic mass is 16.2. The average Bonchev–Trinajstić information content (AvgIpc) is 3.24. The van der Waals surface area contributed by atoms with Crippen molar-refractivity contribution in [3.63, 3.8) is 0 Å². The minimum absolute atomic E-state index is 0.177. The number of urea groups is 1. The SMILES string of the molecule is CC(C)[C@H](NC(=O)Nc1cccc2ccccc12)c1nnc2n1CCC2. The maximum absolute atomic E-state index is 12.7. The Bertz CT molecular complexity index is 941. The van der Waals surface area contributed by atoms with Gasteiger partial charge in [-0.25, -0.2) is 4.79 Å². The Balaban J connectivity index is 1.55. The summed E-state index contributed by atoms with van der Waals surface area (Å²) in [5.74, 6) is 2.07. The smallest absolute Gasteiger partial charge is 0.319 e. The molecule has 0 bridgehead atoms. The van der Waals surface area contributed by atoms with Gasteiger partial charge in [0.05, 0.1) is 11.7 Å². The minimum atomic E-state index is -0.226. The van der Waals surface area contributed by atoms with Crippen LogP contribution in [0.1, 0.15) is 38.0 Å². The molecule has 2 N–H and O–H groups in total. The first-order valence-electron chi connectivity index (χ1n) is 9.11. The topological polar surface area (TPSA) is 71.8 Å². The number of aryl methyl sites for hydroxylation is 1. The lowest BCUT2D eigenvalue weighted by atomic mass is 10.0. The molecule has 1 aliphatic rings. The van der Waals surface area contributed by atoms with Gasteiger partial charge in [-0.15, -0.1) is 10.2 Å². The molecule has 2 heterocycles. The molecule has 1 aliphatic heterocycles. The van der Waals surface area contributed by atoms with Crippen molar-refractivity contribution in [3.05, 3.63) is 54.1 Å². The van der Waals surface area contributed by atoms with Gasteiger partial charge in [-0.2, -0.15) is 0 Å². The molecule has 1 aromatic heterocycles. The number of hydrogen-bond donors (Lipinski definition) is 2. The number of aromatic nitrogens is 3. The maximum atomic E-state index is 12.7. The van der Waals surface area contributed by atoms with Crippen LogP contribution in [0, 0.1) is 5.92 Å². The lowest BCUT2D eigenvalue weighted by molar-refractivity contribution is 0.243. The molecule has 1 atom stereocenters. The molecule has 0 saturated heterocycles. The third-order valence-corrected chi connectivity index (χ3v) is 4.91. The van der Waals surface area contributed by atoms with Crippen molar-refractivity contribution >= 4 is 22.5 Å². The summed E-state index contributed by atoms with van der Waals surface area (Å²) >= 11 is 0. The van der Waals surface area contributed by atoms with Crippen LogP contribution in [0.15, 0.2) is 42.5 Å². The zero-order valence-corrected chi connectivity index (χ0v) is 15.1. The fraction of sp³-hybridized carbons (Fsp3) is 0.350. The van der Waals surface area contributed by atoms with Gasteiger partial charge >= 0.3 is 6.03 Å². The number of rotatable bonds is 4. The molecule has 0 fully saturated rings. The molecule has 4 rings (SSSR count). The predicted octanol–water partition coefficient (Wildman–Crippen LogP) is 3.90. The summed E-state index contributed by atoms with van der Waals surface area (Å²) < 4.78 is 2.14. The second kappa shape index (κ2) is 6.78. The summed E-state index contributed by atoms with van der Waals surface area (Å²) in [5.41, 5.74) is 0.801. The largest absolute Gasteiger partial charge is 0.328 e. The van der Waals surface area contributed by atoms with E-state index in [1.807, 2.05) is 42.5 Å². The summed E-state index contributed by atoms with van der Waals surface area (Å²) in [4.78, 5) is 12.7. The number of amides is 2. The Morgan fingerprint density at radius 3 is 2.77 bits per heavy atom. The van der Waals surface area contributed by atoms with Crippen molar-refractivity contribution in [2.24, 2.45) is 5.92 Å². The second-order valence-corrected chi connectivity index (χ2v) is 7.08. The number of carbonyl (C=O) groups excluding carboxylic acids is 1. The molecule has 3 aromatic rings. The van der Waals surface area contributed by atoms with Gasteiger partial charge in [0.1, 0.15) is 5.82 Å². The van der Waals surface area contributed by atoms with E-state index < -0.39 is 0 Å². The monoisotopic (exact) mass is 349 g/mol. The van der Waals surface area contributed by atoms with Crippen LogP contribution in [0.25, 0.3) is 10.8 Å². The minimum Gasteiger partial charge on any atom is -0.328 e. The van der Waals surface area contributed by atoms with E-state index in [1.54, 1.807) is 0 Å². The number of nitrogens with zero attached hydrogens (tertiary/aromatic N) is 3. The number of hydrogen-bond acceptors (Lipinski definition) is 3. The van der Waals surface area contributed by atoms with Crippen molar-refractivity contribution in [1.29, 1.82) is 0 Å². The van der Waals surface area contributed by atoms with E-state index in [0.29, 0.717) is 0 Å². The van der Waals surface area contributed by atoms with Crippen molar-refractivity contribution < 1.29 is 4.79 Å². The number of carbonyl (C=O) groups is 1. The highest BCUT2D eigenvalue weighted by molar-refractivity contribution is 6.01. The molecule has 0 spiro atoms. The van der Waals surface area contributed by atoms with E-state index in [0.717, 1.165) is 47.5 Å². The van der Waals surface area contributed by atoms with Crippen molar-refractivity contribution in [3.8, 4) is 0 Å². The molecule has 134 valence electrons. The Hall–Kier alpha value is -2.89. The van der Waals surface area contributed by atoms with E-state index in [2.05, 4.69) is 39.2 Å². The lowest BCUT2D eigenvalue weighted by Crippen LogP contribution is -2.36. The summed E-state index contributed by atoms with van der Waals surface area (Å²) in [6, 6.07) is 13.5. The van der Waals surface area contributed by atoms with Crippen LogP contribution in [0.5, 0.6) is 0 Å². The Morgan fingerprint density at radius 1 is 1.12 bits per heavy atom. The molecule has 0 saturated carbocycles. The van der Waals surface area contributed by atoms with Crippen LogP contribution in [0.3, 0.4) is 0 Å². The first kappa shape index (κ1) is 16.6. The summed E-state index contributed by atoms with van der Waals surface area (Å²) in [5, 5.41) is 16.8. The summed E-state index contributed by atoms with van der Waals surface area (Å²) in [6.45, 7) is 5.09. The van der Waals surface area contributed by atoms with E-state index in [1.165, 1.54) is 0 Å². The van der Waals surface area contributed by atoms with E-state index in [4.69, 9.17) is 0 Å². The summed E-state index contributed by atoms with van der Waals surface area (Å²) in [6.07, 6.45) is 2.05. The fourth-order valence-corrected chi connectivity index (χ4v) is 3.57. The van der Waals surface area contributed by atoms with Crippen molar-refractivity contribution in [2.45, 2.75) is 39.3 Å². The Kier molecular flexibility index (Phi) is 4.32. The Morgan fingerprint density at radius 2 is 1.92 bits per heavy atom. The third kappa shape index (κ3) is 3.03. The van der Waals surface area contributed by atoms with E-state index in [-0.39, 0.29) is 18.0 Å². The van der Waals surface area contributed by atoms with Gasteiger partial charge in [0.2, 0.25) is 0 Å². The summed E-state index contributed by atoms with van der Waals surface area (Å²) in [7, 11) is 0. The second-order valence-electron chi connectivity index (χ2n) is 7.08. The molecule has 0 radical (unpaired) electrons. The average molecular weight is 349 g/mol. The van der Waals surface area contributed by atoms with Gasteiger partial charge in [-0.05, 0) is 23.8 Å². The van der Waals surface area contributed by atoms with Gasteiger partial charge < -0.3 is 15.2 Å². The maximum Gasteiger partial charge on any atom is 0.319 e. The highest BCUT2D eigenvalue weighted by Crippen LogP contribution is 2.26. The van der Waals surface area contributed by atoms with Crippen LogP contribution >= 0.6 is 0 Å². The van der Waals surface area contributed by atoms with E-state index >= 15 is 0 Å². The van der Waals surface area contributed by atoms with Gasteiger partial charge in [0.25, 0.3) is 0 Å². The van der Waals surface area contributed by atoms with Crippen LogP contribution < -0.4 is 10.6 Å².